The molecule has 1 saturated heterocycles. The normalized spacial score (nSPS) is 15.1. The van der Waals surface area contributed by atoms with Crippen molar-refractivity contribution in [3.63, 3.8) is 0 Å². The van der Waals surface area contributed by atoms with Crippen molar-refractivity contribution in [1.82, 2.24) is 14.9 Å². The number of morpholine rings is 1. The van der Waals surface area contributed by atoms with E-state index in [1.54, 1.807) is 17.3 Å². The summed E-state index contributed by atoms with van der Waals surface area (Å²) in [6.07, 6.45) is 3.15. The first-order valence-corrected chi connectivity index (χ1v) is 8.51. The highest BCUT2D eigenvalue weighted by molar-refractivity contribution is 5.93. The number of benzene rings is 1. The van der Waals surface area contributed by atoms with Gasteiger partial charge >= 0.3 is 0 Å². The third-order valence-electron chi connectivity index (χ3n) is 4.18. The molecule has 0 radical (unpaired) electrons. The fourth-order valence-electron chi connectivity index (χ4n) is 2.82. The summed E-state index contributed by atoms with van der Waals surface area (Å²) in [4.78, 5) is 22.8. The molecule has 3 rings (SSSR count). The second-order valence-corrected chi connectivity index (χ2v) is 7.12. The minimum Gasteiger partial charge on any atom is -0.378 e. The van der Waals surface area contributed by atoms with Crippen LogP contribution in [0.25, 0.3) is 0 Å². The summed E-state index contributed by atoms with van der Waals surface area (Å²) in [5.41, 5.74) is 2.67. The highest BCUT2D eigenvalue weighted by atomic mass is 16.5. The zero-order valence-corrected chi connectivity index (χ0v) is 15.0. The Balaban J connectivity index is 1.74. The molecule has 1 aromatic heterocycles. The Hall–Kier alpha value is -2.47. The summed E-state index contributed by atoms with van der Waals surface area (Å²) in [5, 5.41) is 3.26. The van der Waals surface area contributed by atoms with Crippen LogP contribution in [0.2, 0.25) is 0 Å². The highest BCUT2D eigenvalue weighted by Crippen LogP contribution is 2.30. The van der Waals surface area contributed by atoms with Crippen LogP contribution in [0.4, 0.5) is 11.6 Å². The summed E-state index contributed by atoms with van der Waals surface area (Å²) in [6, 6.07) is 8.11. The number of nitrogens with zero attached hydrogens (tertiary/aromatic N) is 3. The van der Waals surface area contributed by atoms with E-state index in [0.717, 1.165) is 5.69 Å². The molecule has 6 heteroatoms. The molecule has 0 bridgehead atoms. The van der Waals surface area contributed by atoms with Crippen LogP contribution in [0.1, 0.15) is 36.7 Å². The first-order valence-electron chi connectivity index (χ1n) is 8.51. The molecule has 1 aliphatic rings. The van der Waals surface area contributed by atoms with E-state index in [1.165, 1.54) is 5.56 Å². The van der Waals surface area contributed by atoms with Crippen LogP contribution in [0.5, 0.6) is 0 Å². The van der Waals surface area contributed by atoms with Gasteiger partial charge in [0.1, 0.15) is 0 Å². The number of hydrogen-bond acceptors (Lipinski definition) is 5. The quantitative estimate of drug-likeness (QED) is 0.930. The maximum absolute atomic E-state index is 12.4. The van der Waals surface area contributed by atoms with Crippen molar-refractivity contribution in [3.05, 3.63) is 47.8 Å². The molecule has 0 unspecified atom stereocenters. The lowest BCUT2D eigenvalue weighted by Gasteiger charge is -2.26. The summed E-state index contributed by atoms with van der Waals surface area (Å²) < 4.78 is 5.27. The van der Waals surface area contributed by atoms with E-state index < -0.39 is 0 Å². The number of ether oxygens (including phenoxy) is 1. The molecule has 2 aromatic rings. The molecule has 0 aliphatic carbocycles. The van der Waals surface area contributed by atoms with Crippen molar-refractivity contribution in [1.29, 1.82) is 0 Å². The van der Waals surface area contributed by atoms with Crippen LogP contribution in [0.15, 0.2) is 36.7 Å². The number of para-hydroxylation sites is 1. The van der Waals surface area contributed by atoms with Crippen molar-refractivity contribution in [3.8, 4) is 0 Å². The van der Waals surface area contributed by atoms with Crippen molar-refractivity contribution >= 4 is 17.5 Å². The standard InChI is InChI=1S/C19H24N4O2/c1-19(2,3)15-6-4-5-7-16(15)22-18-20-12-14(13-21-18)17(24)23-8-10-25-11-9-23/h4-7,12-13H,8-11H2,1-3H3,(H,20,21,22). The average molecular weight is 340 g/mol. The van der Waals surface area contributed by atoms with Crippen LogP contribution >= 0.6 is 0 Å². The number of amides is 1. The van der Waals surface area contributed by atoms with Gasteiger partial charge in [0.25, 0.3) is 5.91 Å². The number of anilines is 2. The molecule has 1 aromatic carbocycles. The van der Waals surface area contributed by atoms with Crippen molar-refractivity contribution in [2.75, 3.05) is 31.6 Å². The van der Waals surface area contributed by atoms with Gasteiger partial charge in [0.2, 0.25) is 5.95 Å². The maximum atomic E-state index is 12.4. The third-order valence-corrected chi connectivity index (χ3v) is 4.18. The molecule has 25 heavy (non-hydrogen) atoms. The van der Waals surface area contributed by atoms with E-state index in [-0.39, 0.29) is 11.3 Å². The molecule has 1 fully saturated rings. The second kappa shape index (κ2) is 7.19. The monoisotopic (exact) mass is 340 g/mol. The van der Waals surface area contributed by atoms with E-state index >= 15 is 0 Å². The van der Waals surface area contributed by atoms with Gasteiger partial charge in [0, 0.05) is 31.2 Å². The van der Waals surface area contributed by atoms with Gasteiger partial charge in [-0.3, -0.25) is 4.79 Å². The number of nitrogens with one attached hydrogen (secondary N) is 1. The van der Waals surface area contributed by atoms with Gasteiger partial charge in [0.15, 0.2) is 0 Å². The maximum Gasteiger partial charge on any atom is 0.257 e. The van der Waals surface area contributed by atoms with Crippen LogP contribution < -0.4 is 5.32 Å². The molecule has 2 heterocycles. The Morgan fingerprint density at radius 1 is 1.12 bits per heavy atom. The summed E-state index contributed by atoms with van der Waals surface area (Å²) in [5.74, 6) is 0.431. The molecule has 0 saturated carbocycles. The first-order chi connectivity index (χ1) is 11.9. The van der Waals surface area contributed by atoms with Crippen LogP contribution in [0.3, 0.4) is 0 Å². The smallest absolute Gasteiger partial charge is 0.257 e. The Labute approximate surface area is 148 Å². The summed E-state index contributed by atoms with van der Waals surface area (Å²) in [7, 11) is 0. The number of aromatic nitrogens is 2. The van der Waals surface area contributed by atoms with Gasteiger partial charge in [-0.05, 0) is 17.0 Å². The Bertz CT molecular complexity index is 732. The van der Waals surface area contributed by atoms with Gasteiger partial charge < -0.3 is 15.0 Å². The Morgan fingerprint density at radius 3 is 2.40 bits per heavy atom. The molecule has 1 aliphatic heterocycles. The molecule has 0 atom stereocenters. The van der Waals surface area contributed by atoms with Crippen molar-refractivity contribution in [2.24, 2.45) is 0 Å². The molecule has 6 nitrogen and oxygen atoms in total. The summed E-state index contributed by atoms with van der Waals surface area (Å²) >= 11 is 0. The number of carbonyl (C=O) groups is 1. The lowest BCUT2D eigenvalue weighted by molar-refractivity contribution is 0.0302. The van der Waals surface area contributed by atoms with E-state index in [2.05, 4.69) is 42.1 Å². The molecular formula is C19H24N4O2. The topological polar surface area (TPSA) is 67.4 Å². The number of hydrogen-bond donors (Lipinski definition) is 1. The van der Waals surface area contributed by atoms with E-state index in [9.17, 15) is 4.79 Å². The molecule has 1 amide bonds. The number of carbonyl (C=O) groups excluding carboxylic acids is 1. The molecule has 0 spiro atoms. The minimum absolute atomic E-state index is 0.00976. The predicted octanol–water partition coefficient (Wildman–Crippen LogP) is 2.99. The molecule has 1 N–H and O–H groups in total. The average Bonchev–Trinajstić information content (AvgIpc) is 2.62. The Kier molecular flexibility index (Phi) is 4.99. The lowest BCUT2D eigenvalue weighted by atomic mass is 9.86. The third kappa shape index (κ3) is 4.14. The zero-order chi connectivity index (χ0) is 17.9. The van der Waals surface area contributed by atoms with Gasteiger partial charge in [-0.2, -0.15) is 0 Å². The SMILES string of the molecule is CC(C)(C)c1ccccc1Nc1ncc(C(=O)N2CCOCC2)cn1. The first kappa shape index (κ1) is 17.4. The van der Waals surface area contributed by atoms with Gasteiger partial charge in [-0.15, -0.1) is 0 Å². The van der Waals surface area contributed by atoms with E-state index in [4.69, 9.17) is 4.74 Å². The fourth-order valence-corrected chi connectivity index (χ4v) is 2.82. The predicted molar refractivity (Wildman–Crippen MR) is 97.2 cm³/mol. The zero-order valence-electron chi connectivity index (χ0n) is 15.0. The largest absolute Gasteiger partial charge is 0.378 e. The van der Waals surface area contributed by atoms with Crippen molar-refractivity contribution in [2.45, 2.75) is 26.2 Å². The Morgan fingerprint density at radius 2 is 1.76 bits per heavy atom. The van der Waals surface area contributed by atoms with Crippen LogP contribution in [-0.4, -0.2) is 47.1 Å². The van der Waals surface area contributed by atoms with Gasteiger partial charge in [-0.1, -0.05) is 39.0 Å². The van der Waals surface area contributed by atoms with Crippen molar-refractivity contribution < 1.29 is 9.53 Å². The second-order valence-electron chi connectivity index (χ2n) is 7.12. The highest BCUT2D eigenvalue weighted by Gasteiger charge is 2.20. The van der Waals surface area contributed by atoms with E-state index in [0.29, 0.717) is 37.8 Å². The van der Waals surface area contributed by atoms with Crippen LogP contribution in [-0.2, 0) is 10.2 Å². The molecular weight excluding hydrogens is 316 g/mol. The molecule has 132 valence electrons. The van der Waals surface area contributed by atoms with E-state index in [1.807, 2.05) is 18.2 Å². The lowest BCUT2D eigenvalue weighted by Crippen LogP contribution is -2.40. The van der Waals surface area contributed by atoms with Gasteiger partial charge in [-0.25, -0.2) is 9.97 Å². The minimum atomic E-state index is -0.0510. The fraction of sp³-hybridized carbons (Fsp3) is 0.421. The summed E-state index contributed by atoms with van der Waals surface area (Å²) in [6.45, 7) is 8.87. The van der Waals surface area contributed by atoms with Crippen LogP contribution in [0, 0.1) is 0 Å². The number of rotatable bonds is 3. The van der Waals surface area contributed by atoms with Gasteiger partial charge in [0.05, 0.1) is 18.8 Å².